The Morgan fingerprint density at radius 2 is 1.95 bits per heavy atom. The molecule has 0 atom stereocenters. The van der Waals surface area contributed by atoms with E-state index in [0.29, 0.717) is 5.52 Å². The van der Waals surface area contributed by atoms with Gasteiger partial charge in [-0.05, 0) is 30.3 Å². The van der Waals surface area contributed by atoms with Crippen LogP contribution < -0.4 is 10.5 Å². The number of nitrogens with one attached hydrogen (secondary N) is 2. The lowest BCUT2D eigenvalue weighted by molar-refractivity contribution is 0.477. The summed E-state index contributed by atoms with van der Waals surface area (Å²) >= 11 is 5.77. The first-order chi connectivity index (χ1) is 10.3. The Bertz CT molecular complexity index is 1020. The summed E-state index contributed by atoms with van der Waals surface area (Å²) in [5.41, 5.74) is 0.445. The summed E-state index contributed by atoms with van der Waals surface area (Å²) in [6.07, 6.45) is 0. The van der Waals surface area contributed by atoms with Crippen molar-refractivity contribution in [1.29, 1.82) is 0 Å². The second-order valence-corrected chi connectivity index (χ2v) is 6.56. The fraction of sp³-hybridized carbons (Fsp3) is 0. The van der Waals surface area contributed by atoms with E-state index in [1.807, 2.05) is 0 Å². The zero-order chi connectivity index (χ0) is 15.9. The quantitative estimate of drug-likeness (QED) is 0.633. The SMILES string of the molecule is O=c1[nH]c2ccc(S(=O)(=O)Nc3cc(Cl)ccc3O)cc2o1. The van der Waals surface area contributed by atoms with Crippen LogP contribution in [-0.2, 0) is 10.0 Å². The monoisotopic (exact) mass is 340 g/mol. The van der Waals surface area contributed by atoms with Gasteiger partial charge in [-0.25, -0.2) is 13.2 Å². The van der Waals surface area contributed by atoms with Crippen molar-refractivity contribution in [3.05, 3.63) is 52.0 Å². The predicted molar refractivity (Wildman–Crippen MR) is 80.8 cm³/mol. The lowest BCUT2D eigenvalue weighted by Gasteiger charge is -2.09. The van der Waals surface area contributed by atoms with Crippen molar-refractivity contribution in [2.75, 3.05) is 4.72 Å². The molecule has 0 unspecified atom stereocenters. The van der Waals surface area contributed by atoms with E-state index in [1.165, 1.54) is 36.4 Å². The number of phenolic OH excluding ortho intramolecular Hbond substituents is 1. The molecule has 0 radical (unpaired) electrons. The molecule has 114 valence electrons. The largest absolute Gasteiger partial charge is 0.506 e. The van der Waals surface area contributed by atoms with E-state index < -0.39 is 15.8 Å². The Labute approximate surface area is 129 Å². The number of rotatable bonds is 3. The Kier molecular flexibility index (Phi) is 3.34. The van der Waals surface area contributed by atoms with E-state index in [9.17, 15) is 18.3 Å². The first-order valence-corrected chi connectivity index (χ1v) is 7.85. The minimum atomic E-state index is -3.98. The topological polar surface area (TPSA) is 112 Å². The minimum Gasteiger partial charge on any atom is -0.506 e. The van der Waals surface area contributed by atoms with Crippen molar-refractivity contribution < 1.29 is 17.9 Å². The van der Waals surface area contributed by atoms with Crippen molar-refractivity contribution in [3.8, 4) is 5.75 Å². The fourth-order valence-corrected chi connectivity index (χ4v) is 3.14. The number of fused-ring (bicyclic) bond motifs is 1. The number of aromatic amines is 1. The van der Waals surface area contributed by atoms with E-state index in [1.54, 1.807) is 0 Å². The molecule has 3 aromatic rings. The predicted octanol–water partition coefficient (Wildman–Crippen LogP) is 2.28. The van der Waals surface area contributed by atoms with Crippen molar-refractivity contribution in [3.63, 3.8) is 0 Å². The van der Waals surface area contributed by atoms with Gasteiger partial charge in [-0.3, -0.25) is 9.71 Å². The molecule has 0 spiro atoms. The second kappa shape index (κ2) is 5.08. The molecule has 9 heteroatoms. The van der Waals surface area contributed by atoms with Gasteiger partial charge in [0.15, 0.2) is 5.58 Å². The number of phenols is 1. The highest BCUT2D eigenvalue weighted by molar-refractivity contribution is 7.92. The molecule has 1 heterocycles. The van der Waals surface area contributed by atoms with Crippen LogP contribution in [-0.4, -0.2) is 18.5 Å². The Morgan fingerprint density at radius 1 is 1.18 bits per heavy atom. The standard InChI is InChI=1S/C13H9ClN2O5S/c14-7-1-4-11(17)10(5-7)16-22(19,20)8-2-3-9-12(6-8)21-13(18)15-9/h1-6,16-17H,(H,15,18). The van der Waals surface area contributed by atoms with E-state index in [4.69, 9.17) is 16.0 Å². The fourth-order valence-electron chi connectivity index (χ4n) is 1.89. The second-order valence-electron chi connectivity index (χ2n) is 4.44. The molecule has 0 saturated heterocycles. The summed E-state index contributed by atoms with van der Waals surface area (Å²) in [4.78, 5) is 13.4. The maximum absolute atomic E-state index is 12.3. The zero-order valence-electron chi connectivity index (χ0n) is 10.8. The molecule has 7 nitrogen and oxygen atoms in total. The molecule has 0 saturated carbocycles. The van der Waals surface area contributed by atoms with Crippen LogP contribution in [0.5, 0.6) is 5.75 Å². The van der Waals surface area contributed by atoms with Crippen molar-refractivity contribution in [1.82, 2.24) is 4.98 Å². The van der Waals surface area contributed by atoms with Gasteiger partial charge in [-0.15, -0.1) is 0 Å². The van der Waals surface area contributed by atoms with Gasteiger partial charge in [-0.2, -0.15) is 0 Å². The number of oxazole rings is 1. The smallest absolute Gasteiger partial charge is 0.417 e. The number of benzene rings is 2. The highest BCUT2D eigenvalue weighted by atomic mass is 35.5. The number of halogens is 1. The van der Waals surface area contributed by atoms with Crippen LogP contribution in [0.3, 0.4) is 0 Å². The third kappa shape index (κ3) is 2.66. The third-order valence-corrected chi connectivity index (χ3v) is 4.50. The molecule has 1 aromatic heterocycles. The first kappa shape index (κ1) is 14.5. The van der Waals surface area contributed by atoms with Crippen LogP contribution in [0.25, 0.3) is 11.1 Å². The lowest BCUT2D eigenvalue weighted by atomic mass is 10.3. The zero-order valence-corrected chi connectivity index (χ0v) is 12.4. The number of sulfonamides is 1. The maximum Gasteiger partial charge on any atom is 0.417 e. The minimum absolute atomic E-state index is 0.0527. The van der Waals surface area contributed by atoms with Crippen molar-refractivity contribution >= 4 is 38.4 Å². The summed E-state index contributed by atoms with van der Waals surface area (Å²) in [7, 11) is -3.98. The summed E-state index contributed by atoms with van der Waals surface area (Å²) in [5.74, 6) is -0.938. The van der Waals surface area contributed by atoms with Gasteiger partial charge in [-0.1, -0.05) is 11.6 Å². The maximum atomic E-state index is 12.3. The molecule has 22 heavy (non-hydrogen) atoms. The average Bonchev–Trinajstić information content (AvgIpc) is 2.81. The van der Waals surface area contributed by atoms with Crippen LogP contribution in [0.4, 0.5) is 5.69 Å². The molecule has 0 aliphatic rings. The number of hydrogen-bond donors (Lipinski definition) is 3. The molecule has 0 aliphatic carbocycles. The molecule has 2 aromatic carbocycles. The van der Waals surface area contributed by atoms with E-state index >= 15 is 0 Å². The number of H-pyrrole nitrogens is 1. The Balaban J connectivity index is 2.03. The van der Waals surface area contributed by atoms with Gasteiger partial charge in [0.25, 0.3) is 10.0 Å². The number of aromatic hydroxyl groups is 1. The first-order valence-electron chi connectivity index (χ1n) is 5.99. The van der Waals surface area contributed by atoms with Gasteiger partial charge >= 0.3 is 5.76 Å². The van der Waals surface area contributed by atoms with E-state index in [-0.39, 0.29) is 26.9 Å². The number of hydrogen-bond acceptors (Lipinski definition) is 5. The molecule has 0 bridgehead atoms. The van der Waals surface area contributed by atoms with Gasteiger partial charge in [0.05, 0.1) is 16.1 Å². The number of anilines is 1. The molecule has 3 rings (SSSR count). The Hall–Kier alpha value is -2.45. The summed E-state index contributed by atoms with van der Waals surface area (Å²) in [5, 5.41) is 9.94. The van der Waals surface area contributed by atoms with Crippen LogP contribution in [0.15, 0.2) is 50.5 Å². The van der Waals surface area contributed by atoms with Crippen molar-refractivity contribution in [2.24, 2.45) is 0 Å². The number of aromatic nitrogens is 1. The van der Waals surface area contributed by atoms with Gasteiger partial charge in [0, 0.05) is 11.1 Å². The third-order valence-electron chi connectivity index (χ3n) is 2.91. The summed E-state index contributed by atoms with van der Waals surface area (Å²) < 4.78 is 31.7. The van der Waals surface area contributed by atoms with Crippen LogP contribution in [0.2, 0.25) is 5.02 Å². The summed E-state index contributed by atoms with van der Waals surface area (Å²) in [6.45, 7) is 0. The normalized spacial score (nSPS) is 11.7. The molecular formula is C13H9ClN2O5S. The van der Waals surface area contributed by atoms with Crippen LogP contribution in [0.1, 0.15) is 0 Å². The Morgan fingerprint density at radius 3 is 2.73 bits per heavy atom. The molecule has 0 fully saturated rings. The van der Waals surface area contributed by atoms with E-state index in [2.05, 4.69) is 9.71 Å². The van der Waals surface area contributed by atoms with Gasteiger partial charge in [0.2, 0.25) is 0 Å². The molecule has 0 aliphatic heterocycles. The van der Waals surface area contributed by atoms with Gasteiger partial charge in [0.1, 0.15) is 5.75 Å². The van der Waals surface area contributed by atoms with Crippen LogP contribution in [0, 0.1) is 0 Å². The molecule has 3 N–H and O–H groups in total. The lowest BCUT2D eigenvalue weighted by Crippen LogP contribution is -2.13. The van der Waals surface area contributed by atoms with E-state index in [0.717, 1.165) is 0 Å². The summed E-state index contributed by atoms with van der Waals surface area (Å²) in [6, 6.07) is 7.90. The van der Waals surface area contributed by atoms with Crippen molar-refractivity contribution in [2.45, 2.75) is 4.90 Å². The van der Waals surface area contributed by atoms with Crippen LogP contribution >= 0.6 is 11.6 Å². The molecule has 0 amide bonds. The van der Waals surface area contributed by atoms with Gasteiger partial charge < -0.3 is 9.52 Å². The highest BCUT2D eigenvalue weighted by Crippen LogP contribution is 2.29. The average molecular weight is 341 g/mol. The molecular weight excluding hydrogens is 332 g/mol. The highest BCUT2D eigenvalue weighted by Gasteiger charge is 2.18.